The fourth-order valence-electron chi connectivity index (χ4n) is 2.23. The van der Waals surface area contributed by atoms with Gasteiger partial charge in [0.2, 0.25) is 0 Å². The summed E-state index contributed by atoms with van der Waals surface area (Å²) in [6.07, 6.45) is 2.58. The van der Waals surface area contributed by atoms with Crippen molar-refractivity contribution in [3.8, 4) is 0 Å². The van der Waals surface area contributed by atoms with Crippen molar-refractivity contribution in [1.29, 1.82) is 0 Å². The van der Waals surface area contributed by atoms with Crippen molar-refractivity contribution >= 4 is 5.78 Å². The smallest absolute Gasteiger partial charge is 0.162 e. The van der Waals surface area contributed by atoms with Gasteiger partial charge in [0.1, 0.15) is 0 Å². The largest absolute Gasteiger partial charge is 0.383 e. The summed E-state index contributed by atoms with van der Waals surface area (Å²) in [6, 6.07) is 10.4. The van der Waals surface area contributed by atoms with E-state index in [1.165, 1.54) is 5.56 Å². The highest BCUT2D eigenvalue weighted by Crippen LogP contribution is 2.15. The maximum Gasteiger partial charge on any atom is 0.162 e. The summed E-state index contributed by atoms with van der Waals surface area (Å²) in [5.74, 6) is 0.285. The maximum atomic E-state index is 11.8. The van der Waals surface area contributed by atoms with Crippen molar-refractivity contribution in [2.45, 2.75) is 13.0 Å². The zero-order valence-electron chi connectivity index (χ0n) is 11.1. The Bertz CT molecular complexity index is 437. The molecule has 0 atom stereocenters. The third-order valence-electron chi connectivity index (χ3n) is 3.07. The molecule has 0 spiro atoms. The van der Waals surface area contributed by atoms with Gasteiger partial charge in [-0.05, 0) is 5.56 Å². The van der Waals surface area contributed by atoms with Gasteiger partial charge in [-0.15, -0.1) is 0 Å². The number of benzene rings is 1. The van der Waals surface area contributed by atoms with E-state index in [0.717, 1.165) is 25.2 Å². The summed E-state index contributed by atoms with van der Waals surface area (Å²) in [5.41, 5.74) is 2.22. The Labute approximate surface area is 109 Å². The van der Waals surface area contributed by atoms with Crippen LogP contribution in [0.5, 0.6) is 0 Å². The Balaban J connectivity index is 2.02. The molecule has 96 valence electrons. The van der Waals surface area contributed by atoms with E-state index < -0.39 is 0 Å². The van der Waals surface area contributed by atoms with Crippen molar-refractivity contribution < 1.29 is 4.79 Å². The third kappa shape index (κ3) is 3.44. The minimum atomic E-state index is 0.285. The monoisotopic (exact) mass is 244 g/mol. The van der Waals surface area contributed by atoms with E-state index in [1.54, 1.807) is 0 Å². The molecule has 0 aliphatic carbocycles. The van der Waals surface area contributed by atoms with Crippen LogP contribution in [0.3, 0.4) is 0 Å². The van der Waals surface area contributed by atoms with Crippen LogP contribution in [0, 0.1) is 0 Å². The Kier molecular flexibility index (Phi) is 4.15. The number of Topliss-reactive ketones (excluding diaryl/α,β-unsaturated/α-hetero) is 1. The Hall–Kier alpha value is -1.61. The van der Waals surface area contributed by atoms with Crippen LogP contribution in [0.25, 0.3) is 0 Å². The van der Waals surface area contributed by atoms with Gasteiger partial charge in [0, 0.05) is 51.9 Å². The average Bonchev–Trinajstić information content (AvgIpc) is 2.34. The lowest BCUT2D eigenvalue weighted by molar-refractivity contribution is -0.117. The van der Waals surface area contributed by atoms with E-state index >= 15 is 0 Å². The average molecular weight is 244 g/mol. The summed E-state index contributed by atoms with van der Waals surface area (Å²) in [7, 11) is 3.91. The summed E-state index contributed by atoms with van der Waals surface area (Å²) in [4.78, 5) is 16.1. The lowest BCUT2D eigenvalue weighted by Crippen LogP contribution is -2.35. The predicted octanol–water partition coefficient (Wildman–Crippen LogP) is 1.91. The first-order valence-corrected chi connectivity index (χ1v) is 6.32. The lowest BCUT2D eigenvalue weighted by atomic mass is 10.0. The minimum absolute atomic E-state index is 0.285. The van der Waals surface area contributed by atoms with Crippen molar-refractivity contribution in [3.05, 3.63) is 47.7 Å². The zero-order chi connectivity index (χ0) is 13.0. The molecule has 2 rings (SSSR count). The Morgan fingerprint density at radius 1 is 1.28 bits per heavy atom. The number of rotatable bonds is 3. The van der Waals surface area contributed by atoms with Crippen LogP contribution in [-0.4, -0.2) is 42.8 Å². The molecule has 3 heteroatoms. The van der Waals surface area contributed by atoms with Crippen molar-refractivity contribution in [1.82, 2.24) is 9.80 Å². The van der Waals surface area contributed by atoms with Crippen molar-refractivity contribution in [2.75, 3.05) is 27.2 Å². The molecule has 0 N–H and O–H groups in total. The third-order valence-corrected chi connectivity index (χ3v) is 3.07. The van der Waals surface area contributed by atoms with Gasteiger partial charge < -0.3 is 4.90 Å². The quantitative estimate of drug-likeness (QED) is 0.759. The van der Waals surface area contributed by atoms with Crippen molar-refractivity contribution in [3.63, 3.8) is 0 Å². The predicted molar refractivity (Wildman–Crippen MR) is 73.1 cm³/mol. The second kappa shape index (κ2) is 5.83. The topological polar surface area (TPSA) is 23.6 Å². The molecule has 18 heavy (non-hydrogen) atoms. The van der Waals surface area contributed by atoms with Crippen LogP contribution in [0.2, 0.25) is 0 Å². The fourth-order valence-corrected chi connectivity index (χ4v) is 2.23. The molecule has 0 radical (unpaired) electrons. The molecule has 1 aromatic carbocycles. The molecule has 1 saturated heterocycles. The second-order valence-corrected chi connectivity index (χ2v) is 4.99. The SMILES string of the molecule is CN(C)C=C1CN(Cc2ccccc2)CCC1=O. The van der Waals surface area contributed by atoms with Gasteiger partial charge >= 0.3 is 0 Å². The number of nitrogens with zero attached hydrogens (tertiary/aromatic N) is 2. The molecule has 1 fully saturated rings. The number of likely N-dealkylation sites (tertiary alicyclic amines) is 1. The molecule has 1 aliphatic rings. The van der Waals surface area contributed by atoms with Crippen LogP contribution < -0.4 is 0 Å². The molecule has 3 nitrogen and oxygen atoms in total. The van der Waals surface area contributed by atoms with E-state index in [-0.39, 0.29) is 5.78 Å². The molecule has 0 unspecified atom stereocenters. The molecule has 0 bridgehead atoms. The molecule has 1 aromatic rings. The van der Waals surface area contributed by atoms with E-state index in [9.17, 15) is 4.79 Å². The summed E-state index contributed by atoms with van der Waals surface area (Å²) < 4.78 is 0. The van der Waals surface area contributed by atoms with Crippen LogP contribution in [-0.2, 0) is 11.3 Å². The number of ketones is 1. The number of hydrogen-bond acceptors (Lipinski definition) is 3. The highest BCUT2D eigenvalue weighted by molar-refractivity contribution is 5.96. The first-order valence-electron chi connectivity index (χ1n) is 6.32. The first-order chi connectivity index (χ1) is 8.65. The molecule has 1 aliphatic heterocycles. The van der Waals surface area contributed by atoms with E-state index in [4.69, 9.17) is 0 Å². The van der Waals surface area contributed by atoms with Gasteiger partial charge in [-0.2, -0.15) is 0 Å². The van der Waals surface area contributed by atoms with Crippen molar-refractivity contribution in [2.24, 2.45) is 0 Å². The van der Waals surface area contributed by atoms with Crippen LogP contribution in [0.4, 0.5) is 0 Å². The minimum Gasteiger partial charge on any atom is -0.383 e. The zero-order valence-corrected chi connectivity index (χ0v) is 11.1. The second-order valence-electron chi connectivity index (χ2n) is 4.99. The van der Waals surface area contributed by atoms with E-state index in [0.29, 0.717) is 6.42 Å². The molecule has 0 amide bonds. The summed E-state index contributed by atoms with van der Waals surface area (Å²) in [6.45, 7) is 2.53. The van der Waals surface area contributed by atoms with Gasteiger partial charge in [-0.25, -0.2) is 0 Å². The summed E-state index contributed by atoms with van der Waals surface area (Å²) in [5, 5.41) is 0. The number of carbonyl (C=O) groups is 1. The van der Waals surface area contributed by atoms with Gasteiger partial charge in [0.05, 0.1) is 0 Å². The Morgan fingerprint density at radius 2 is 2.00 bits per heavy atom. The molecule has 0 saturated carbocycles. The van der Waals surface area contributed by atoms with E-state index in [1.807, 2.05) is 31.3 Å². The van der Waals surface area contributed by atoms with Gasteiger partial charge in [-0.1, -0.05) is 30.3 Å². The fraction of sp³-hybridized carbons (Fsp3) is 0.400. The highest BCUT2D eigenvalue weighted by Gasteiger charge is 2.21. The van der Waals surface area contributed by atoms with Crippen LogP contribution in [0.1, 0.15) is 12.0 Å². The molecular weight excluding hydrogens is 224 g/mol. The summed E-state index contributed by atoms with van der Waals surface area (Å²) >= 11 is 0. The lowest BCUT2D eigenvalue weighted by Gasteiger charge is -2.28. The molecule has 0 aromatic heterocycles. The van der Waals surface area contributed by atoms with E-state index in [2.05, 4.69) is 29.2 Å². The maximum absolute atomic E-state index is 11.8. The van der Waals surface area contributed by atoms with Gasteiger partial charge in [0.25, 0.3) is 0 Å². The molecular formula is C15H20N2O. The standard InChI is InChI=1S/C15H20N2O/c1-16(2)11-14-12-17(9-8-15(14)18)10-13-6-4-3-5-7-13/h3-7,11H,8-10,12H2,1-2H3. The van der Waals surface area contributed by atoms with Crippen LogP contribution >= 0.6 is 0 Å². The molecule has 1 heterocycles. The normalized spacial score (nSPS) is 19.2. The highest BCUT2D eigenvalue weighted by atomic mass is 16.1. The Morgan fingerprint density at radius 3 is 2.67 bits per heavy atom. The number of piperidine rings is 1. The first kappa shape index (κ1) is 12.8. The van der Waals surface area contributed by atoms with Crippen LogP contribution in [0.15, 0.2) is 42.1 Å². The number of hydrogen-bond donors (Lipinski definition) is 0. The number of carbonyl (C=O) groups excluding carboxylic acids is 1. The van der Waals surface area contributed by atoms with Gasteiger partial charge in [0.15, 0.2) is 5.78 Å². The van der Waals surface area contributed by atoms with Gasteiger partial charge in [-0.3, -0.25) is 9.69 Å².